The molecule has 0 spiro atoms. The molecule has 3 nitrogen and oxygen atoms in total. The molecule has 0 radical (unpaired) electrons. The molecular weight excluding hydrogens is 212 g/mol. The van der Waals surface area contributed by atoms with Crippen molar-refractivity contribution >= 4 is 5.91 Å². The molecule has 2 unspecified atom stereocenters. The molecule has 94 valence electrons. The molecule has 0 aliphatic rings. The summed E-state index contributed by atoms with van der Waals surface area (Å²) in [6.07, 6.45) is 0.862. The van der Waals surface area contributed by atoms with E-state index in [0.29, 0.717) is 0 Å². The Balaban J connectivity index is 2.68. The summed E-state index contributed by atoms with van der Waals surface area (Å²) in [5.41, 5.74) is 6.95. The van der Waals surface area contributed by atoms with Crippen molar-refractivity contribution in [3.8, 4) is 0 Å². The first-order valence-electron chi connectivity index (χ1n) is 6.17. The fourth-order valence-electron chi connectivity index (χ4n) is 1.68. The Morgan fingerprint density at radius 3 is 2.35 bits per heavy atom. The molecule has 3 N–H and O–H groups in total. The van der Waals surface area contributed by atoms with Gasteiger partial charge in [-0.2, -0.15) is 0 Å². The minimum atomic E-state index is -0.437. The molecule has 2 atom stereocenters. The van der Waals surface area contributed by atoms with E-state index < -0.39 is 6.04 Å². The van der Waals surface area contributed by atoms with E-state index in [0.717, 1.165) is 12.0 Å². The van der Waals surface area contributed by atoms with Crippen molar-refractivity contribution in [1.29, 1.82) is 0 Å². The molecule has 0 fully saturated rings. The van der Waals surface area contributed by atoms with Crippen LogP contribution in [-0.2, 0) is 4.79 Å². The van der Waals surface area contributed by atoms with Crippen molar-refractivity contribution in [2.45, 2.75) is 39.3 Å². The number of carbonyl (C=O) groups is 1. The highest BCUT2D eigenvalue weighted by Crippen LogP contribution is 2.16. The lowest BCUT2D eigenvalue weighted by Gasteiger charge is -2.21. The van der Waals surface area contributed by atoms with Gasteiger partial charge in [-0.1, -0.05) is 51.1 Å². The van der Waals surface area contributed by atoms with Crippen LogP contribution in [0.1, 0.15) is 38.8 Å². The fourth-order valence-corrected chi connectivity index (χ4v) is 1.68. The van der Waals surface area contributed by atoms with Gasteiger partial charge in [0, 0.05) is 0 Å². The Morgan fingerprint density at radius 1 is 1.29 bits per heavy atom. The SMILES string of the molecule is CCC(NC(=O)C(N)C(C)C)c1ccccc1. The van der Waals surface area contributed by atoms with Crippen LogP contribution in [0.3, 0.4) is 0 Å². The number of carbonyl (C=O) groups excluding carboxylic acids is 1. The molecule has 17 heavy (non-hydrogen) atoms. The van der Waals surface area contributed by atoms with E-state index in [2.05, 4.69) is 12.2 Å². The van der Waals surface area contributed by atoms with Crippen LogP contribution in [0.25, 0.3) is 0 Å². The summed E-state index contributed by atoms with van der Waals surface area (Å²) in [6, 6.07) is 9.59. The van der Waals surface area contributed by atoms with Gasteiger partial charge in [-0.3, -0.25) is 4.79 Å². The highest BCUT2D eigenvalue weighted by Gasteiger charge is 2.20. The van der Waals surface area contributed by atoms with Gasteiger partial charge >= 0.3 is 0 Å². The minimum absolute atomic E-state index is 0.0495. The zero-order valence-corrected chi connectivity index (χ0v) is 10.8. The van der Waals surface area contributed by atoms with E-state index in [1.54, 1.807) is 0 Å². The predicted molar refractivity (Wildman–Crippen MR) is 70.4 cm³/mol. The summed E-state index contributed by atoms with van der Waals surface area (Å²) in [4.78, 5) is 11.9. The smallest absolute Gasteiger partial charge is 0.237 e. The van der Waals surface area contributed by atoms with Crippen LogP contribution >= 0.6 is 0 Å². The van der Waals surface area contributed by atoms with Crippen molar-refractivity contribution in [3.05, 3.63) is 35.9 Å². The number of nitrogens with one attached hydrogen (secondary N) is 1. The Hall–Kier alpha value is -1.35. The van der Waals surface area contributed by atoms with Crippen LogP contribution in [0.5, 0.6) is 0 Å². The first-order chi connectivity index (χ1) is 8.06. The van der Waals surface area contributed by atoms with E-state index in [1.807, 2.05) is 44.2 Å². The van der Waals surface area contributed by atoms with Gasteiger partial charge in [0.1, 0.15) is 0 Å². The third-order valence-electron chi connectivity index (χ3n) is 2.95. The maximum absolute atomic E-state index is 11.9. The zero-order chi connectivity index (χ0) is 12.8. The molecule has 3 heteroatoms. The Bertz CT molecular complexity index is 348. The lowest BCUT2D eigenvalue weighted by atomic mass is 10.0. The van der Waals surface area contributed by atoms with Crippen molar-refractivity contribution in [1.82, 2.24) is 5.32 Å². The van der Waals surface area contributed by atoms with Crippen LogP contribution in [0.4, 0.5) is 0 Å². The largest absolute Gasteiger partial charge is 0.348 e. The maximum Gasteiger partial charge on any atom is 0.237 e. The number of hydrogen-bond donors (Lipinski definition) is 2. The van der Waals surface area contributed by atoms with Crippen LogP contribution in [0.2, 0.25) is 0 Å². The molecular formula is C14H22N2O. The topological polar surface area (TPSA) is 55.1 Å². The van der Waals surface area contributed by atoms with E-state index in [1.165, 1.54) is 0 Å². The van der Waals surface area contributed by atoms with Gasteiger partial charge in [0.25, 0.3) is 0 Å². The molecule has 1 aromatic carbocycles. The standard InChI is InChI=1S/C14H22N2O/c1-4-12(11-8-6-5-7-9-11)16-14(17)13(15)10(2)3/h5-10,12-13H,4,15H2,1-3H3,(H,16,17). The number of hydrogen-bond acceptors (Lipinski definition) is 2. The zero-order valence-electron chi connectivity index (χ0n) is 10.8. The lowest BCUT2D eigenvalue weighted by molar-refractivity contribution is -0.124. The number of amides is 1. The van der Waals surface area contributed by atoms with Crippen LogP contribution in [-0.4, -0.2) is 11.9 Å². The minimum Gasteiger partial charge on any atom is -0.348 e. The summed E-state index contributed by atoms with van der Waals surface area (Å²) in [5, 5.41) is 3.00. The van der Waals surface area contributed by atoms with Gasteiger partial charge in [0.15, 0.2) is 0 Å². The van der Waals surface area contributed by atoms with Crippen LogP contribution < -0.4 is 11.1 Å². The third-order valence-corrected chi connectivity index (χ3v) is 2.95. The average Bonchev–Trinajstić information content (AvgIpc) is 2.35. The van der Waals surface area contributed by atoms with Gasteiger partial charge in [0.2, 0.25) is 5.91 Å². The quantitative estimate of drug-likeness (QED) is 0.821. The van der Waals surface area contributed by atoms with E-state index in [4.69, 9.17) is 5.73 Å². The van der Waals surface area contributed by atoms with E-state index in [-0.39, 0.29) is 17.9 Å². The average molecular weight is 234 g/mol. The molecule has 1 amide bonds. The molecule has 0 bridgehead atoms. The van der Waals surface area contributed by atoms with E-state index in [9.17, 15) is 4.79 Å². The first-order valence-corrected chi connectivity index (χ1v) is 6.17. The highest BCUT2D eigenvalue weighted by atomic mass is 16.2. The van der Waals surface area contributed by atoms with Gasteiger partial charge in [0.05, 0.1) is 12.1 Å². The summed E-state index contributed by atoms with van der Waals surface area (Å²) in [7, 11) is 0. The maximum atomic E-state index is 11.9. The van der Waals surface area contributed by atoms with Crippen LogP contribution in [0.15, 0.2) is 30.3 Å². The predicted octanol–water partition coefficient (Wildman–Crippen LogP) is 2.24. The molecule has 1 aromatic rings. The van der Waals surface area contributed by atoms with Crippen molar-refractivity contribution < 1.29 is 4.79 Å². The Labute approximate surface area is 103 Å². The van der Waals surface area contributed by atoms with Crippen molar-refractivity contribution in [3.63, 3.8) is 0 Å². The fraction of sp³-hybridized carbons (Fsp3) is 0.500. The molecule has 0 aliphatic heterocycles. The normalized spacial score (nSPS) is 14.4. The number of rotatable bonds is 5. The summed E-state index contributed by atoms with van der Waals surface area (Å²) in [5.74, 6) is 0.0824. The molecule has 0 heterocycles. The van der Waals surface area contributed by atoms with Crippen molar-refractivity contribution in [2.75, 3.05) is 0 Å². The van der Waals surface area contributed by atoms with Crippen LogP contribution in [0, 0.1) is 5.92 Å². The monoisotopic (exact) mass is 234 g/mol. The lowest BCUT2D eigenvalue weighted by Crippen LogP contribution is -2.45. The molecule has 0 saturated heterocycles. The Morgan fingerprint density at radius 2 is 1.88 bits per heavy atom. The molecule has 0 aliphatic carbocycles. The van der Waals surface area contributed by atoms with Gasteiger partial charge in [-0.25, -0.2) is 0 Å². The second kappa shape index (κ2) is 6.40. The summed E-state index contributed by atoms with van der Waals surface area (Å²) < 4.78 is 0. The van der Waals surface area contributed by atoms with Gasteiger partial charge < -0.3 is 11.1 Å². The Kier molecular flexibility index (Phi) is 5.16. The van der Waals surface area contributed by atoms with E-state index >= 15 is 0 Å². The summed E-state index contributed by atoms with van der Waals surface area (Å²) in [6.45, 7) is 5.96. The third kappa shape index (κ3) is 3.86. The second-order valence-electron chi connectivity index (χ2n) is 4.65. The number of benzene rings is 1. The molecule has 1 rings (SSSR count). The molecule has 0 saturated carbocycles. The number of nitrogens with two attached hydrogens (primary N) is 1. The van der Waals surface area contributed by atoms with Gasteiger partial charge in [-0.15, -0.1) is 0 Å². The van der Waals surface area contributed by atoms with Gasteiger partial charge in [-0.05, 0) is 17.9 Å². The molecule has 0 aromatic heterocycles. The van der Waals surface area contributed by atoms with Crippen molar-refractivity contribution in [2.24, 2.45) is 11.7 Å². The highest BCUT2D eigenvalue weighted by molar-refractivity contribution is 5.82. The second-order valence-corrected chi connectivity index (χ2v) is 4.65. The summed E-state index contributed by atoms with van der Waals surface area (Å²) >= 11 is 0. The first kappa shape index (κ1) is 13.7.